The summed E-state index contributed by atoms with van der Waals surface area (Å²) in [6, 6.07) is 9.23. The van der Waals surface area contributed by atoms with Crippen molar-refractivity contribution in [2.45, 2.75) is 19.3 Å². The summed E-state index contributed by atoms with van der Waals surface area (Å²) in [5.41, 5.74) is 0.825. The molecule has 0 aliphatic carbocycles. The molecule has 1 amide bonds. The Morgan fingerprint density at radius 2 is 1.71 bits per heavy atom. The Bertz CT molecular complexity index is 1260. The summed E-state index contributed by atoms with van der Waals surface area (Å²) in [6.07, 6.45) is -3.69. The first-order valence-corrected chi connectivity index (χ1v) is 10.2. The summed E-state index contributed by atoms with van der Waals surface area (Å²) >= 11 is 0. The van der Waals surface area contributed by atoms with Crippen LogP contribution in [0.25, 0.3) is 0 Å². The molecule has 35 heavy (non-hydrogen) atoms. The highest BCUT2D eigenvalue weighted by atomic mass is 19.4. The number of aromatic nitrogens is 3. The van der Waals surface area contributed by atoms with E-state index in [-0.39, 0.29) is 22.8 Å². The van der Waals surface area contributed by atoms with E-state index in [1.807, 2.05) is 0 Å². The van der Waals surface area contributed by atoms with Crippen molar-refractivity contribution in [2.24, 2.45) is 5.92 Å². The predicted octanol–water partition coefficient (Wildman–Crippen LogP) is 3.24. The van der Waals surface area contributed by atoms with Gasteiger partial charge in [0.05, 0.1) is 18.8 Å². The number of amides is 1. The summed E-state index contributed by atoms with van der Waals surface area (Å²) in [7, 11) is 1.39. The smallest absolute Gasteiger partial charge is 0.481 e. The van der Waals surface area contributed by atoms with Crippen molar-refractivity contribution < 1.29 is 37.0 Å². The van der Waals surface area contributed by atoms with E-state index in [1.165, 1.54) is 43.6 Å². The zero-order valence-corrected chi connectivity index (χ0v) is 18.3. The maximum absolute atomic E-state index is 13.4. The molecule has 3 aromatic rings. The van der Waals surface area contributed by atoms with Gasteiger partial charge in [0.15, 0.2) is 11.6 Å². The number of Topliss-reactive ketones (excluding diaryl/α,β-unsaturated/α-hetero) is 2. The summed E-state index contributed by atoms with van der Waals surface area (Å²) in [5, 5.41) is 7.87. The molecular formula is C23H17F3N4O5. The number of anilines is 1. The van der Waals surface area contributed by atoms with Gasteiger partial charge >= 0.3 is 6.36 Å². The first-order valence-electron chi connectivity index (χ1n) is 10.2. The Balaban J connectivity index is 1.79. The number of carbonyl (C=O) groups excluding carboxylic acids is 3. The summed E-state index contributed by atoms with van der Waals surface area (Å²) < 4.78 is 46.6. The van der Waals surface area contributed by atoms with Crippen molar-refractivity contribution >= 4 is 23.3 Å². The molecule has 2 aromatic heterocycles. The standard InChI is InChI=1S/C23H17F3N4O5/c1-12-3-9-16(29-28-12)30-19(13-4-7-15(8-5-13)35-23(24,25)26)18(21(32)22(30)33)20(31)14-6-10-17(34-2)27-11-14/h3-11,18-19H,1-2H3. The van der Waals surface area contributed by atoms with Gasteiger partial charge in [-0.25, -0.2) is 4.98 Å². The highest BCUT2D eigenvalue weighted by Gasteiger charge is 2.53. The zero-order chi connectivity index (χ0) is 25.3. The highest BCUT2D eigenvalue weighted by molar-refractivity contribution is 6.48. The van der Waals surface area contributed by atoms with Gasteiger partial charge in [0.2, 0.25) is 11.7 Å². The molecule has 1 saturated heterocycles. The molecule has 0 spiro atoms. The van der Waals surface area contributed by atoms with Gasteiger partial charge in [-0.05, 0) is 42.8 Å². The molecule has 1 fully saturated rings. The number of halogens is 3. The summed E-state index contributed by atoms with van der Waals surface area (Å²) in [6.45, 7) is 1.67. The maximum Gasteiger partial charge on any atom is 0.573 e. The van der Waals surface area contributed by atoms with Gasteiger partial charge in [0.25, 0.3) is 5.91 Å². The first kappa shape index (κ1) is 23.8. The van der Waals surface area contributed by atoms with Gasteiger partial charge < -0.3 is 9.47 Å². The molecule has 2 atom stereocenters. The number of hydrogen-bond donors (Lipinski definition) is 0. The third kappa shape index (κ3) is 4.81. The number of carbonyl (C=O) groups is 3. The number of alkyl halides is 3. The molecule has 0 N–H and O–H groups in total. The van der Waals surface area contributed by atoms with Crippen molar-refractivity contribution in [1.29, 1.82) is 0 Å². The SMILES string of the molecule is COc1ccc(C(=O)C2C(=O)C(=O)N(c3ccc(C)nn3)C2c2ccc(OC(F)(F)F)cc2)cn1. The minimum Gasteiger partial charge on any atom is -0.481 e. The number of ether oxygens (including phenoxy) is 2. The summed E-state index contributed by atoms with van der Waals surface area (Å²) in [4.78, 5) is 44.4. The fraction of sp³-hybridized carbons (Fsp3) is 0.217. The molecular weight excluding hydrogens is 469 g/mol. The molecule has 9 nitrogen and oxygen atoms in total. The number of hydrogen-bond acceptors (Lipinski definition) is 8. The second-order valence-corrected chi connectivity index (χ2v) is 7.57. The Kier molecular flexibility index (Phi) is 6.20. The Morgan fingerprint density at radius 3 is 2.26 bits per heavy atom. The predicted molar refractivity (Wildman–Crippen MR) is 114 cm³/mol. The van der Waals surface area contributed by atoms with Crippen molar-refractivity contribution in [1.82, 2.24) is 15.2 Å². The molecule has 180 valence electrons. The van der Waals surface area contributed by atoms with Crippen LogP contribution in [0.15, 0.2) is 54.7 Å². The highest BCUT2D eigenvalue weighted by Crippen LogP contribution is 2.41. The van der Waals surface area contributed by atoms with Gasteiger partial charge in [0, 0.05) is 17.8 Å². The van der Waals surface area contributed by atoms with E-state index in [0.717, 1.165) is 17.0 Å². The van der Waals surface area contributed by atoms with Gasteiger partial charge in [0.1, 0.15) is 11.7 Å². The van der Waals surface area contributed by atoms with E-state index in [4.69, 9.17) is 4.74 Å². The average Bonchev–Trinajstić information content (AvgIpc) is 3.09. The molecule has 1 aliphatic heterocycles. The third-order valence-corrected chi connectivity index (χ3v) is 5.30. The Labute approximate surface area is 196 Å². The molecule has 4 rings (SSSR count). The lowest BCUT2D eigenvalue weighted by Gasteiger charge is -2.26. The lowest BCUT2D eigenvalue weighted by Crippen LogP contribution is -2.31. The minimum absolute atomic E-state index is 0.0118. The van der Waals surface area contributed by atoms with Crippen molar-refractivity contribution in [3.8, 4) is 11.6 Å². The van der Waals surface area contributed by atoms with Crippen LogP contribution in [-0.2, 0) is 9.59 Å². The van der Waals surface area contributed by atoms with E-state index in [1.54, 1.807) is 13.0 Å². The zero-order valence-electron chi connectivity index (χ0n) is 18.3. The molecule has 0 radical (unpaired) electrons. The van der Waals surface area contributed by atoms with Crippen LogP contribution >= 0.6 is 0 Å². The Hall–Kier alpha value is -4.35. The molecule has 12 heteroatoms. The van der Waals surface area contributed by atoms with E-state index < -0.39 is 41.5 Å². The Morgan fingerprint density at radius 1 is 1.00 bits per heavy atom. The van der Waals surface area contributed by atoms with E-state index in [2.05, 4.69) is 19.9 Å². The lowest BCUT2D eigenvalue weighted by atomic mass is 9.86. The van der Waals surface area contributed by atoms with Crippen LogP contribution in [0.2, 0.25) is 0 Å². The van der Waals surface area contributed by atoms with Gasteiger partial charge in [-0.1, -0.05) is 12.1 Å². The fourth-order valence-electron chi connectivity index (χ4n) is 3.73. The average molecular weight is 486 g/mol. The number of aryl methyl sites for hydroxylation is 1. The van der Waals surface area contributed by atoms with Crippen LogP contribution in [0.3, 0.4) is 0 Å². The molecule has 0 saturated carbocycles. The van der Waals surface area contributed by atoms with Crippen molar-refractivity contribution in [3.05, 3.63) is 71.5 Å². The number of nitrogens with zero attached hydrogens (tertiary/aromatic N) is 4. The number of rotatable bonds is 6. The van der Waals surface area contributed by atoms with Crippen molar-refractivity contribution in [2.75, 3.05) is 12.0 Å². The van der Waals surface area contributed by atoms with Crippen LogP contribution in [0.5, 0.6) is 11.6 Å². The number of ketones is 2. The minimum atomic E-state index is -4.90. The van der Waals surface area contributed by atoms with E-state index >= 15 is 0 Å². The normalized spacial score (nSPS) is 18.0. The fourth-order valence-corrected chi connectivity index (χ4v) is 3.73. The van der Waals surface area contributed by atoms with Crippen LogP contribution in [0, 0.1) is 12.8 Å². The molecule has 1 aromatic carbocycles. The largest absolute Gasteiger partial charge is 0.573 e. The van der Waals surface area contributed by atoms with Crippen LogP contribution < -0.4 is 14.4 Å². The van der Waals surface area contributed by atoms with Gasteiger partial charge in [-0.15, -0.1) is 18.3 Å². The second-order valence-electron chi connectivity index (χ2n) is 7.57. The molecule has 0 bridgehead atoms. The number of methoxy groups -OCH3 is 1. The van der Waals surface area contributed by atoms with Crippen molar-refractivity contribution in [3.63, 3.8) is 0 Å². The maximum atomic E-state index is 13.4. The molecule has 3 heterocycles. The van der Waals surface area contributed by atoms with Crippen LogP contribution in [0.1, 0.15) is 27.7 Å². The topological polar surface area (TPSA) is 112 Å². The van der Waals surface area contributed by atoms with Crippen LogP contribution in [0.4, 0.5) is 19.0 Å². The quantitative estimate of drug-likeness (QED) is 0.297. The molecule has 2 unspecified atom stereocenters. The second kappa shape index (κ2) is 9.12. The molecule has 1 aliphatic rings. The van der Waals surface area contributed by atoms with Crippen LogP contribution in [-0.4, -0.2) is 46.1 Å². The first-order chi connectivity index (χ1) is 16.6. The third-order valence-electron chi connectivity index (χ3n) is 5.30. The monoisotopic (exact) mass is 486 g/mol. The van der Waals surface area contributed by atoms with E-state index in [0.29, 0.717) is 5.69 Å². The van der Waals surface area contributed by atoms with E-state index in [9.17, 15) is 27.6 Å². The van der Waals surface area contributed by atoms with Gasteiger partial charge in [-0.3, -0.25) is 19.3 Å². The number of pyridine rings is 1. The summed E-state index contributed by atoms with van der Waals surface area (Å²) in [5.74, 6) is -4.43. The number of benzene rings is 1. The lowest BCUT2D eigenvalue weighted by molar-refractivity contribution is -0.274. The van der Waals surface area contributed by atoms with Gasteiger partial charge in [-0.2, -0.15) is 5.10 Å².